The van der Waals surface area contributed by atoms with Crippen LogP contribution in [0.25, 0.3) is 44.6 Å². The Balaban J connectivity index is 0.000000150. The number of rotatable bonds is 3. The Morgan fingerprint density at radius 1 is 0.396 bits per heavy atom. The molecule has 8 aromatic heterocycles. The lowest BCUT2D eigenvalue weighted by Crippen LogP contribution is -1.98. The van der Waals surface area contributed by atoms with E-state index in [2.05, 4.69) is 218 Å². The Bertz CT molecular complexity index is 4220. The van der Waals surface area contributed by atoms with Crippen LogP contribution >= 0.6 is 11.7 Å². The van der Waals surface area contributed by atoms with Gasteiger partial charge in [-0.1, -0.05) is 83.9 Å². The zero-order valence-electron chi connectivity index (χ0n) is 55.7. The Kier molecular flexibility index (Phi) is 24.3. The van der Waals surface area contributed by atoms with Gasteiger partial charge in [0.2, 0.25) is 0 Å². The average Bonchev–Trinajstić information content (AvgIpc) is 1.79. The number of nitro groups is 1. The maximum atomic E-state index is 10.5. The van der Waals surface area contributed by atoms with Crippen LogP contribution in [-0.2, 0) is 13.5 Å². The smallest absolute Gasteiger partial charge is 0.269 e. The molecule has 0 fully saturated rings. The maximum Gasteiger partial charge on any atom is 0.269 e. The molecule has 0 saturated heterocycles. The molecule has 0 radical (unpaired) electrons. The van der Waals surface area contributed by atoms with Crippen molar-refractivity contribution in [2.45, 2.75) is 117 Å². The van der Waals surface area contributed by atoms with Gasteiger partial charge in [0.05, 0.1) is 39.2 Å². The van der Waals surface area contributed by atoms with Crippen molar-refractivity contribution >= 4 is 39.5 Å². The van der Waals surface area contributed by atoms with E-state index >= 15 is 0 Å². The summed E-state index contributed by atoms with van der Waals surface area (Å²) in [5.41, 5.74) is 30.9. The van der Waals surface area contributed by atoms with Crippen LogP contribution in [0.5, 0.6) is 0 Å². The summed E-state index contributed by atoms with van der Waals surface area (Å²) in [6.07, 6.45) is 11.7. The second kappa shape index (κ2) is 32.4. The van der Waals surface area contributed by atoms with Crippen LogP contribution in [0.3, 0.4) is 0 Å². The van der Waals surface area contributed by atoms with E-state index in [-0.39, 0.29) is 10.6 Å². The first-order valence-corrected chi connectivity index (χ1v) is 31.0. The summed E-state index contributed by atoms with van der Waals surface area (Å²) in [6.45, 7) is 32.7. The van der Waals surface area contributed by atoms with Crippen molar-refractivity contribution in [3.63, 3.8) is 0 Å². The molecule has 8 heterocycles. The fourth-order valence-electron chi connectivity index (χ4n) is 9.98. The van der Waals surface area contributed by atoms with Crippen molar-refractivity contribution in [3.8, 4) is 22.5 Å². The predicted molar refractivity (Wildman–Crippen MR) is 375 cm³/mol. The Labute approximate surface area is 541 Å². The quantitative estimate of drug-likeness (QED) is 0.123. The third-order valence-corrected chi connectivity index (χ3v) is 15.9. The van der Waals surface area contributed by atoms with E-state index < -0.39 is 0 Å². The summed E-state index contributed by atoms with van der Waals surface area (Å²) < 4.78 is 14.9. The molecule has 0 spiro atoms. The number of benzene rings is 5. The first-order valence-electron chi connectivity index (χ1n) is 30.2. The van der Waals surface area contributed by atoms with Crippen molar-refractivity contribution < 1.29 is 4.92 Å². The summed E-state index contributed by atoms with van der Waals surface area (Å²) in [6, 6.07) is 51.3. The molecule has 0 unspecified atom stereocenters. The van der Waals surface area contributed by atoms with Gasteiger partial charge in [-0.3, -0.25) is 40.0 Å². The second-order valence-electron chi connectivity index (χ2n) is 22.9. The summed E-state index contributed by atoms with van der Waals surface area (Å²) in [4.78, 5) is 34.9. The third kappa shape index (κ3) is 19.0. The predicted octanol–water partition coefficient (Wildman–Crippen LogP) is 18.4. The van der Waals surface area contributed by atoms with Crippen LogP contribution in [0.2, 0.25) is 0 Å². The van der Waals surface area contributed by atoms with E-state index in [4.69, 9.17) is 0 Å². The molecular weight excluding hydrogens is 1140 g/mol. The van der Waals surface area contributed by atoms with Gasteiger partial charge < -0.3 is 13.7 Å². The first-order chi connectivity index (χ1) is 43.5. The van der Waals surface area contributed by atoms with Crippen LogP contribution in [-0.4, -0.2) is 57.3 Å². The number of para-hydroxylation sites is 1. The van der Waals surface area contributed by atoms with Gasteiger partial charge in [0.25, 0.3) is 5.69 Å². The Hall–Kier alpha value is -10.1. The molecule has 0 bridgehead atoms. The van der Waals surface area contributed by atoms with Gasteiger partial charge in [-0.15, -0.1) is 0 Å². The largest absolute Gasteiger partial charge is 0.352 e. The highest BCUT2D eigenvalue weighted by Crippen LogP contribution is 2.37. The molecular formula is C76H84N12O2S. The van der Waals surface area contributed by atoms with Gasteiger partial charge in [0.15, 0.2) is 0 Å². The lowest BCUT2D eigenvalue weighted by Gasteiger charge is -2.08. The molecule has 0 N–H and O–H groups in total. The number of hydrogen-bond donors (Lipinski definition) is 0. The number of hydrogen-bond acceptors (Lipinski definition) is 11. The topological polar surface area (TPSA) is 161 Å². The molecule has 14 nitrogen and oxygen atoms in total. The molecule has 0 atom stereocenters. The summed E-state index contributed by atoms with van der Waals surface area (Å²) >= 11 is 1.28. The minimum absolute atomic E-state index is 0.117. The van der Waals surface area contributed by atoms with Crippen LogP contribution in [0, 0.1) is 121 Å². The van der Waals surface area contributed by atoms with Crippen molar-refractivity contribution in [2.75, 3.05) is 0 Å². The fourth-order valence-corrected chi connectivity index (χ4v) is 10.6. The molecule has 91 heavy (non-hydrogen) atoms. The number of aryl methyl sites for hydroxylation is 16. The number of non-ortho nitro benzene ring substituents is 1. The van der Waals surface area contributed by atoms with Crippen LogP contribution in [0.15, 0.2) is 189 Å². The first kappa shape index (κ1) is 68.4. The molecule has 1 aliphatic carbocycles. The zero-order chi connectivity index (χ0) is 65.9. The van der Waals surface area contributed by atoms with E-state index in [1.807, 2.05) is 92.0 Å². The van der Waals surface area contributed by atoms with E-state index in [0.717, 1.165) is 73.9 Å². The number of pyridine rings is 2. The SMILES string of the molecule is Cc1ccc(C)c2nsnc12.Cc1ccc(C)n1-c1ccc([N+](=O)[O-])cc1.Cc1ccc(C)n1-c1ccccc1.Cc1ccc(C)n1C.Cc1ccc(C)nc1.Cc1ccc2c(c1)Cc1cc(C)ccc1-2.Cc1cnc(C)c2nccnc12.Cc1cnc(C)cn1. The third-order valence-electron chi connectivity index (χ3n) is 15.3. The van der Waals surface area contributed by atoms with Gasteiger partial charge in [-0.2, -0.15) is 8.75 Å². The van der Waals surface area contributed by atoms with Crippen LogP contribution < -0.4 is 0 Å². The summed E-state index contributed by atoms with van der Waals surface area (Å²) in [7, 11) is 2.07. The number of nitrogens with zero attached hydrogens (tertiary/aromatic N) is 12. The summed E-state index contributed by atoms with van der Waals surface area (Å²) in [5, 5.41) is 10.5. The van der Waals surface area contributed by atoms with E-state index in [1.54, 1.807) is 36.9 Å². The van der Waals surface area contributed by atoms with Gasteiger partial charge in [0.1, 0.15) is 16.6 Å². The highest BCUT2D eigenvalue weighted by atomic mass is 32.1. The molecule has 0 aliphatic heterocycles. The number of fused-ring (bicyclic) bond motifs is 5. The Morgan fingerprint density at radius 3 is 1.24 bits per heavy atom. The van der Waals surface area contributed by atoms with Crippen molar-refractivity contribution in [3.05, 3.63) is 300 Å². The number of aromatic nitrogens is 11. The van der Waals surface area contributed by atoms with Crippen LogP contribution in [0.1, 0.15) is 101 Å². The van der Waals surface area contributed by atoms with Gasteiger partial charge in [-0.25, -0.2) is 0 Å². The molecule has 1 aliphatic rings. The number of nitro benzene ring substituents is 1. The Morgan fingerprint density at radius 2 is 0.835 bits per heavy atom. The highest BCUT2D eigenvalue weighted by Gasteiger charge is 2.18. The van der Waals surface area contributed by atoms with Crippen molar-refractivity contribution in [2.24, 2.45) is 7.05 Å². The average molecular weight is 1230 g/mol. The lowest BCUT2D eigenvalue weighted by atomic mass is 10.0. The van der Waals surface area contributed by atoms with Gasteiger partial charge in [-0.05, 0) is 228 Å². The molecule has 14 rings (SSSR count). The highest BCUT2D eigenvalue weighted by molar-refractivity contribution is 7.00. The fraction of sp³-hybridized carbons (Fsp3) is 0.237. The van der Waals surface area contributed by atoms with E-state index in [0.29, 0.717) is 0 Å². The van der Waals surface area contributed by atoms with Crippen LogP contribution in [0.4, 0.5) is 5.69 Å². The molecule has 0 saturated carbocycles. The second-order valence-corrected chi connectivity index (χ2v) is 23.4. The molecule has 466 valence electrons. The molecule has 5 aromatic carbocycles. The molecule has 15 heteroatoms. The van der Waals surface area contributed by atoms with Crippen molar-refractivity contribution in [1.29, 1.82) is 0 Å². The van der Waals surface area contributed by atoms with Gasteiger partial charge >= 0.3 is 0 Å². The lowest BCUT2D eigenvalue weighted by molar-refractivity contribution is -0.384. The zero-order valence-corrected chi connectivity index (χ0v) is 56.5. The normalized spacial score (nSPS) is 10.5. The molecule has 0 amide bonds. The van der Waals surface area contributed by atoms with E-state index in [9.17, 15) is 10.1 Å². The van der Waals surface area contributed by atoms with Crippen molar-refractivity contribution in [1.82, 2.24) is 52.4 Å². The maximum absolute atomic E-state index is 10.5. The minimum atomic E-state index is -0.390. The molecule has 13 aromatic rings. The van der Waals surface area contributed by atoms with Gasteiger partial charge in [0, 0.05) is 108 Å². The monoisotopic (exact) mass is 1230 g/mol. The minimum Gasteiger partial charge on any atom is -0.352 e. The standard InChI is InChI=1S/C15H14.C12H12N2O2.C12H13N.C9H9N3.C8H8N2S.C7H11N.C7H9N.C6H8N2/c1-10-3-5-14-12(7-10)9-13-8-11(2)4-6-15(13)14;1-9-3-4-10(2)13(9)11-5-7-12(8-6-11)14(15)16;1-10-8-9-11(2)13(10)12-6-4-3-5-7-12;1-6-5-12-7(2)9-8(6)10-3-4-11-9;1-5-3-4-6(2)8-7(5)9-11-10-8;1-6-4-5-7(2)8(6)3;1-6-3-4-7(2)8-5-6;1-5-3-8-6(2)4-7-5/h3-8H,9H2,1-2H3;3-8H,1-2H3;3-9H,1-2H3;3-5H,1-2H3;3-4H,1-2H3;4-5H,1-3H3;3-5H,1-2H3;3-4H,1-2H3. The summed E-state index contributed by atoms with van der Waals surface area (Å²) in [5.74, 6) is 0. The van der Waals surface area contributed by atoms with E-state index in [1.165, 1.54) is 102 Å².